The number of benzene rings is 1. The van der Waals surface area contributed by atoms with Crippen LogP contribution in [0.1, 0.15) is 25.3 Å². The van der Waals surface area contributed by atoms with Gasteiger partial charge in [0.2, 0.25) is 0 Å². The van der Waals surface area contributed by atoms with Crippen molar-refractivity contribution in [2.45, 2.75) is 37.3 Å². The van der Waals surface area contributed by atoms with E-state index < -0.39 is 46.3 Å². The quantitative estimate of drug-likeness (QED) is 0.667. The van der Waals surface area contributed by atoms with Crippen LogP contribution in [-0.4, -0.2) is 23.0 Å². The molecule has 124 valence electrons. The van der Waals surface area contributed by atoms with Crippen molar-refractivity contribution in [3.05, 3.63) is 39.7 Å². The molecule has 1 heterocycles. The number of nitro groups is 1. The standard InChI is InChI=1S/C14H14F3N3O3/c1-13(8-6-7(20(21)22)2-3-9(8)15)11-10(23-12(18)19-13)4-5-14(11,16)17/h2-3,6,10-11H,4-5H2,1H3,(H2,18,19)/t10-,11+,13-/m1/s1. The van der Waals surface area contributed by atoms with Crippen molar-refractivity contribution in [1.29, 1.82) is 0 Å². The molecule has 0 radical (unpaired) electrons. The second kappa shape index (κ2) is 4.84. The zero-order valence-electron chi connectivity index (χ0n) is 12.1. The highest BCUT2D eigenvalue weighted by atomic mass is 19.3. The number of rotatable bonds is 2. The van der Waals surface area contributed by atoms with E-state index >= 15 is 0 Å². The molecular formula is C14H14F3N3O3. The molecule has 1 aromatic rings. The van der Waals surface area contributed by atoms with Crippen molar-refractivity contribution in [3.63, 3.8) is 0 Å². The van der Waals surface area contributed by atoms with Crippen LogP contribution in [0.25, 0.3) is 0 Å². The molecule has 0 unspecified atom stereocenters. The highest BCUT2D eigenvalue weighted by Crippen LogP contribution is 2.54. The van der Waals surface area contributed by atoms with Crippen molar-refractivity contribution >= 4 is 11.7 Å². The summed E-state index contributed by atoms with van der Waals surface area (Å²) in [5.41, 5.74) is 3.13. The Kier molecular flexibility index (Phi) is 3.27. The van der Waals surface area contributed by atoms with Gasteiger partial charge in [-0.25, -0.2) is 18.2 Å². The van der Waals surface area contributed by atoms with Gasteiger partial charge in [-0.2, -0.15) is 0 Å². The van der Waals surface area contributed by atoms with Gasteiger partial charge in [0.05, 0.1) is 10.8 Å². The van der Waals surface area contributed by atoms with Gasteiger partial charge in [-0.3, -0.25) is 10.1 Å². The molecule has 3 atom stereocenters. The molecule has 1 aliphatic carbocycles. The first-order chi connectivity index (χ1) is 10.6. The minimum Gasteiger partial charge on any atom is -0.461 e. The summed E-state index contributed by atoms with van der Waals surface area (Å²) < 4.78 is 48.1. The molecule has 0 aromatic heterocycles. The van der Waals surface area contributed by atoms with Gasteiger partial charge in [-0.1, -0.05) is 0 Å². The molecule has 1 aliphatic heterocycles. The third kappa shape index (κ3) is 2.30. The Hall–Kier alpha value is -2.32. The molecule has 1 fully saturated rings. The fourth-order valence-corrected chi connectivity index (χ4v) is 3.55. The summed E-state index contributed by atoms with van der Waals surface area (Å²) in [4.78, 5) is 14.1. The minimum atomic E-state index is -3.14. The number of fused-ring (bicyclic) bond motifs is 1. The van der Waals surface area contributed by atoms with Gasteiger partial charge in [-0.05, 0) is 19.4 Å². The smallest absolute Gasteiger partial charge is 0.283 e. The summed E-state index contributed by atoms with van der Waals surface area (Å²) in [6.07, 6.45) is -1.29. The predicted octanol–water partition coefficient (Wildman–Crippen LogP) is 2.71. The van der Waals surface area contributed by atoms with Crippen molar-refractivity contribution in [2.24, 2.45) is 16.6 Å². The average Bonchev–Trinajstić information content (AvgIpc) is 2.74. The number of amidine groups is 1. The number of hydrogen-bond donors (Lipinski definition) is 1. The van der Waals surface area contributed by atoms with E-state index in [0.717, 1.165) is 18.2 Å². The number of halogens is 3. The van der Waals surface area contributed by atoms with E-state index in [1.807, 2.05) is 0 Å². The van der Waals surface area contributed by atoms with Gasteiger partial charge in [0.25, 0.3) is 17.6 Å². The summed E-state index contributed by atoms with van der Waals surface area (Å²) in [5.74, 6) is -5.43. The zero-order chi connectivity index (χ0) is 17.0. The Morgan fingerprint density at radius 2 is 2.17 bits per heavy atom. The molecular weight excluding hydrogens is 315 g/mol. The Labute approximate surface area is 129 Å². The summed E-state index contributed by atoms with van der Waals surface area (Å²) in [6, 6.07) is 2.46. The Morgan fingerprint density at radius 3 is 2.83 bits per heavy atom. The Morgan fingerprint density at radius 1 is 1.48 bits per heavy atom. The fourth-order valence-electron chi connectivity index (χ4n) is 3.55. The van der Waals surface area contributed by atoms with Crippen LogP contribution in [0.2, 0.25) is 0 Å². The van der Waals surface area contributed by atoms with Gasteiger partial charge in [0.1, 0.15) is 17.5 Å². The molecule has 3 rings (SSSR count). The van der Waals surface area contributed by atoms with Gasteiger partial charge in [0, 0.05) is 24.1 Å². The topological polar surface area (TPSA) is 90.8 Å². The maximum absolute atomic E-state index is 14.3. The second-order valence-corrected chi connectivity index (χ2v) is 5.95. The average molecular weight is 329 g/mol. The van der Waals surface area contributed by atoms with Crippen LogP contribution in [0.5, 0.6) is 0 Å². The molecule has 6 nitrogen and oxygen atoms in total. The molecule has 2 N–H and O–H groups in total. The lowest BCUT2D eigenvalue weighted by Gasteiger charge is -2.41. The molecule has 1 aromatic carbocycles. The number of alkyl halides is 2. The summed E-state index contributed by atoms with van der Waals surface area (Å²) in [5, 5.41) is 10.9. The third-order valence-electron chi connectivity index (χ3n) is 4.52. The van der Waals surface area contributed by atoms with Crippen LogP contribution in [0, 0.1) is 21.8 Å². The summed E-state index contributed by atoms with van der Waals surface area (Å²) >= 11 is 0. The van der Waals surface area contributed by atoms with Gasteiger partial charge < -0.3 is 10.5 Å². The van der Waals surface area contributed by atoms with E-state index in [-0.39, 0.29) is 18.0 Å². The van der Waals surface area contributed by atoms with E-state index in [1.54, 1.807) is 0 Å². The van der Waals surface area contributed by atoms with Crippen LogP contribution in [0.3, 0.4) is 0 Å². The molecule has 2 aliphatic rings. The van der Waals surface area contributed by atoms with E-state index in [1.165, 1.54) is 6.92 Å². The van der Waals surface area contributed by atoms with Gasteiger partial charge >= 0.3 is 0 Å². The predicted molar refractivity (Wildman–Crippen MR) is 74.6 cm³/mol. The van der Waals surface area contributed by atoms with Gasteiger partial charge in [-0.15, -0.1) is 0 Å². The Balaban J connectivity index is 2.21. The summed E-state index contributed by atoms with van der Waals surface area (Å²) in [7, 11) is 0. The molecule has 0 spiro atoms. The number of aliphatic imine (C=N–C) groups is 1. The largest absolute Gasteiger partial charge is 0.461 e. The number of nitrogens with zero attached hydrogens (tertiary/aromatic N) is 2. The molecule has 1 saturated carbocycles. The zero-order valence-corrected chi connectivity index (χ0v) is 12.1. The van der Waals surface area contributed by atoms with Crippen LogP contribution in [0.15, 0.2) is 23.2 Å². The van der Waals surface area contributed by atoms with Crippen molar-refractivity contribution in [3.8, 4) is 0 Å². The highest BCUT2D eigenvalue weighted by Gasteiger charge is 2.62. The lowest BCUT2D eigenvalue weighted by atomic mass is 9.75. The maximum Gasteiger partial charge on any atom is 0.283 e. The SMILES string of the molecule is C[C@]1(c2cc([N+](=O)[O-])ccc2F)N=C(N)O[C@@H]2CCC(F)(F)[C@@H]21. The van der Waals surface area contributed by atoms with Gasteiger partial charge in [0.15, 0.2) is 0 Å². The van der Waals surface area contributed by atoms with Crippen LogP contribution >= 0.6 is 0 Å². The fraction of sp³-hybridized carbons (Fsp3) is 0.500. The number of hydrogen-bond acceptors (Lipinski definition) is 5. The van der Waals surface area contributed by atoms with Crippen LogP contribution < -0.4 is 5.73 Å². The van der Waals surface area contributed by atoms with Crippen molar-refractivity contribution in [2.75, 3.05) is 0 Å². The molecule has 0 amide bonds. The number of ether oxygens (including phenoxy) is 1. The lowest BCUT2D eigenvalue weighted by molar-refractivity contribution is -0.385. The Bertz CT molecular complexity index is 710. The maximum atomic E-state index is 14.3. The summed E-state index contributed by atoms with van der Waals surface area (Å²) in [6.45, 7) is 1.31. The normalized spacial score (nSPS) is 31.9. The van der Waals surface area contributed by atoms with Crippen LogP contribution in [-0.2, 0) is 10.3 Å². The first-order valence-corrected chi connectivity index (χ1v) is 6.99. The lowest BCUT2D eigenvalue weighted by Crippen LogP contribution is -2.51. The van der Waals surface area contributed by atoms with Crippen molar-refractivity contribution < 1.29 is 22.8 Å². The van der Waals surface area contributed by atoms with E-state index in [2.05, 4.69) is 4.99 Å². The number of nitrogens with two attached hydrogens (primary N) is 1. The second-order valence-electron chi connectivity index (χ2n) is 5.95. The first kappa shape index (κ1) is 15.6. The van der Waals surface area contributed by atoms with Crippen molar-refractivity contribution in [1.82, 2.24) is 0 Å². The van der Waals surface area contributed by atoms with E-state index in [0.29, 0.717) is 0 Å². The third-order valence-corrected chi connectivity index (χ3v) is 4.52. The molecule has 23 heavy (non-hydrogen) atoms. The molecule has 0 bridgehead atoms. The number of non-ortho nitro benzene ring substituents is 1. The van der Waals surface area contributed by atoms with E-state index in [4.69, 9.17) is 10.5 Å². The molecule has 0 saturated heterocycles. The molecule has 9 heteroatoms. The monoisotopic (exact) mass is 329 g/mol. The minimum absolute atomic E-state index is 0.0556. The highest BCUT2D eigenvalue weighted by molar-refractivity contribution is 5.73. The van der Waals surface area contributed by atoms with Crippen LogP contribution in [0.4, 0.5) is 18.9 Å². The first-order valence-electron chi connectivity index (χ1n) is 6.99. The van der Waals surface area contributed by atoms with E-state index in [9.17, 15) is 23.3 Å². The number of nitro benzene ring substituents is 1.